The molecule has 1 unspecified atom stereocenters. The van der Waals surface area contributed by atoms with Gasteiger partial charge in [-0.05, 0) is 25.5 Å². The number of likely N-dealkylation sites (N-methyl/N-ethyl adjacent to an activating group) is 1. The van der Waals surface area contributed by atoms with Gasteiger partial charge >= 0.3 is 5.97 Å². The molecular weight excluding hydrogens is 226 g/mol. The summed E-state index contributed by atoms with van der Waals surface area (Å²) in [6, 6.07) is 10.1. The predicted molar refractivity (Wildman–Crippen MR) is 71.7 cm³/mol. The molecule has 1 aliphatic carbocycles. The van der Waals surface area contributed by atoms with E-state index in [9.17, 15) is 9.90 Å². The van der Waals surface area contributed by atoms with Gasteiger partial charge in [0.25, 0.3) is 0 Å². The minimum Gasteiger partial charge on any atom is -0.481 e. The lowest BCUT2D eigenvalue weighted by Crippen LogP contribution is -2.35. The third-order valence-electron chi connectivity index (χ3n) is 3.92. The number of hydrogen-bond acceptors (Lipinski definition) is 2. The molecule has 0 aromatic heterocycles. The Kier molecular flexibility index (Phi) is 4.37. The van der Waals surface area contributed by atoms with Crippen molar-refractivity contribution in [3.05, 3.63) is 35.9 Å². The summed E-state index contributed by atoms with van der Waals surface area (Å²) in [5.74, 6) is -1.15. The quantitative estimate of drug-likeness (QED) is 0.869. The third-order valence-corrected chi connectivity index (χ3v) is 3.92. The molecule has 2 rings (SSSR count). The molecule has 1 N–H and O–H groups in total. The van der Waals surface area contributed by atoms with Crippen molar-refractivity contribution in [2.75, 3.05) is 13.6 Å². The van der Waals surface area contributed by atoms with E-state index < -0.39 is 11.9 Å². The molecule has 1 aromatic rings. The SMILES string of the molecule is CN(CC(C(=O)O)c1ccccc1)C1CCCC1. The topological polar surface area (TPSA) is 40.5 Å². The van der Waals surface area contributed by atoms with Crippen LogP contribution >= 0.6 is 0 Å². The van der Waals surface area contributed by atoms with E-state index in [-0.39, 0.29) is 0 Å². The standard InChI is InChI=1S/C15H21NO2/c1-16(13-9-5-6-10-13)11-14(15(17)18)12-7-3-2-4-8-12/h2-4,7-8,13-14H,5-6,9-11H2,1H3,(H,17,18). The summed E-state index contributed by atoms with van der Waals surface area (Å²) >= 11 is 0. The van der Waals surface area contributed by atoms with Crippen LogP contribution in [0.2, 0.25) is 0 Å². The highest BCUT2D eigenvalue weighted by Gasteiger charge is 2.26. The summed E-state index contributed by atoms with van der Waals surface area (Å²) in [5.41, 5.74) is 0.898. The summed E-state index contributed by atoms with van der Waals surface area (Å²) in [6.45, 7) is 0.601. The first-order valence-corrected chi connectivity index (χ1v) is 6.66. The van der Waals surface area contributed by atoms with Crippen LogP contribution in [0.5, 0.6) is 0 Å². The maximum atomic E-state index is 11.4. The molecular formula is C15H21NO2. The second kappa shape index (κ2) is 6.01. The summed E-state index contributed by atoms with van der Waals surface area (Å²) in [4.78, 5) is 13.6. The number of nitrogens with zero attached hydrogens (tertiary/aromatic N) is 1. The first-order chi connectivity index (χ1) is 8.68. The van der Waals surface area contributed by atoms with Crippen molar-refractivity contribution in [2.24, 2.45) is 0 Å². The number of hydrogen-bond donors (Lipinski definition) is 1. The number of aliphatic carboxylic acids is 1. The van der Waals surface area contributed by atoms with Crippen molar-refractivity contribution < 1.29 is 9.90 Å². The minimum absolute atomic E-state index is 0.420. The molecule has 3 nitrogen and oxygen atoms in total. The second-order valence-corrected chi connectivity index (χ2v) is 5.18. The van der Waals surface area contributed by atoms with Crippen molar-refractivity contribution in [3.8, 4) is 0 Å². The summed E-state index contributed by atoms with van der Waals surface area (Å²) < 4.78 is 0. The van der Waals surface area contributed by atoms with Crippen LogP contribution in [0.1, 0.15) is 37.2 Å². The molecule has 1 aliphatic rings. The van der Waals surface area contributed by atoms with Gasteiger partial charge in [0.2, 0.25) is 0 Å². The summed E-state index contributed by atoms with van der Waals surface area (Å²) in [7, 11) is 2.05. The van der Waals surface area contributed by atoms with Crippen LogP contribution in [0, 0.1) is 0 Å². The summed E-state index contributed by atoms with van der Waals surface area (Å²) in [5, 5.41) is 9.39. The number of benzene rings is 1. The molecule has 0 heterocycles. The molecule has 98 valence electrons. The molecule has 0 aliphatic heterocycles. The van der Waals surface area contributed by atoms with Crippen LogP contribution in [0.25, 0.3) is 0 Å². The van der Waals surface area contributed by atoms with Gasteiger partial charge < -0.3 is 10.0 Å². The highest BCUT2D eigenvalue weighted by atomic mass is 16.4. The Morgan fingerprint density at radius 3 is 2.50 bits per heavy atom. The lowest BCUT2D eigenvalue weighted by atomic mass is 9.98. The van der Waals surface area contributed by atoms with Crippen molar-refractivity contribution in [1.82, 2.24) is 4.90 Å². The Hall–Kier alpha value is -1.35. The first-order valence-electron chi connectivity index (χ1n) is 6.66. The smallest absolute Gasteiger partial charge is 0.312 e. The molecule has 0 spiro atoms. The van der Waals surface area contributed by atoms with E-state index in [1.165, 1.54) is 25.7 Å². The lowest BCUT2D eigenvalue weighted by Gasteiger charge is -2.27. The minimum atomic E-state index is -0.731. The molecule has 1 atom stereocenters. The van der Waals surface area contributed by atoms with Crippen molar-refractivity contribution >= 4 is 5.97 Å². The number of carbonyl (C=O) groups is 1. The zero-order valence-electron chi connectivity index (χ0n) is 10.9. The Balaban J connectivity index is 2.04. The van der Waals surface area contributed by atoms with Crippen LogP contribution in [0.15, 0.2) is 30.3 Å². The molecule has 0 radical (unpaired) electrons. The first kappa shape index (κ1) is 13.1. The zero-order valence-corrected chi connectivity index (χ0v) is 10.9. The lowest BCUT2D eigenvalue weighted by molar-refractivity contribution is -0.139. The summed E-state index contributed by atoms with van der Waals surface area (Å²) in [6.07, 6.45) is 4.96. The Morgan fingerprint density at radius 2 is 1.94 bits per heavy atom. The highest BCUT2D eigenvalue weighted by Crippen LogP contribution is 2.25. The normalized spacial score (nSPS) is 18.1. The maximum Gasteiger partial charge on any atom is 0.312 e. The van der Waals surface area contributed by atoms with E-state index >= 15 is 0 Å². The van der Waals surface area contributed by atoms with E-state index in [1.807, 2.05) is 30.3 Å². The number of rotatable bonds is 5. The second-order valence-electron chi connectivity index (χ2n) is 5.18. The van der Waals surface area contributed by atoms with Gasteiger partial charge in [-0.3, -0.25) is 4.79 Å². The van der Waals surface area contributed by atoms with Crippen LogP contribution in [-0.2, 0) is 4.79 Å². The fourth-order valence-electron chi connectivity index (χ4n) is 2.79. The molecule has 1 aromatic carbocycles. The van der Waals surface area contributed by atoms with Crippen molar-refractivity contribution in [3.63, 3.8) is 0 Å². The van der Waals surface area contributed by atoms with E-state index in [0.29, 0.717) is 12.6 Å². The van der Waals surface area contributed by atoms with E-state index in [0.717, 1.165) is 5.56 Å². The number of carboxylic acids is 1. The van der Waals surface area contributed by atoms with Gasteiger partial charge in [-0.1, -0.05) is 43.2 Å². The van der Waals surface area contributed by atoms with Crippen LogP contribution < -0.4 is 0 Å². The molecule has 18 heavy (non-hydrogen) atoms. The van der Waals surface area contributed by atoms with Crippen LogP contribution in [0.4, 0.5) is 0 Å². The van der Waals surface area contributed by atoms with Crippen molar-refractivity contribution in [1.29, 1.82) is 0 Å². The highest BCUT2D eigenvalue weighted by molar-refractivity contribution is 5.76. The molecule has 0 bridgehead atoms. The van der Waals surface area contributed by atoms with E-state index in [1.54, 1.807) is 0 Å². The average molecular weight is 247 g/mol. The van der Waals surface area contributed by atoms with Gasteiger partial charge in [0.05, 0.1) is 5.92 Å². The van der Waals surface area contributed by atoms with E-state index in [2.05, 4.69) is 11.9 Å². The van der Waals surface area contributed by atoms with Gasteiger partial charge in [0.15, 0.2) is 0 Å². The van der Waals surface area contributed by atoms with Crippen molar-refractivity contribution in [2.45, 2.75) is 37.6 Å². The Bertz CT molecular complexity index is 385. The number of carboxylic acid groups (broad SMARTS) is 1. The molecule has 1 fully saturated rings. The molecule has 0 amide bonds. The average Bonchev–Trinajstić information content (AvgIpc) is 2.90. The van der Waals surface area contributed by atoms with Crippen LogP contribution in [0.3, 0.4) is 0 Å². The van der Waals surface area contributed by atoms with Gasteiger partial charge in [-0.25, -0.2) is 0 Å². The third kappa shape index (κ3) is 3.10. The van der Waals surface area contributed by atoms with Gasteiger partial charge in [-0.15, -0.1) is 0 Å². The Labute approximate surface area is 108 Å². The van der Waals surface area contributed by atoms with E-state index in [4.69, 9.17) is 0 Å². The monoisotopic (exact) mass is 247 g/mol. The largest absolute Gasteiger partial charge is 0.481 e. The molecule has 0 saturated heterocycles. The predicted octanol–water partition coefficient (Wildman–Crippen LogP) is 2.73. The van der Waals surface area contributed by atoms with Gasteiger partial charge in [0, 0.05) is 12.6 Å². The van der Waals surface area contributed by atoms with Gasteiger partial charge in [-0.2, -0.15) is 0 Å². The Morgan fingerprint density at radius 1 is 1.33 bits per heavy atom. The van der Waals surface area contributed by atoms with Gasteiger partial charge in [0.1, 0.15) is 0 Å². The molecule has 1 saturated carbocycles. The van der Waals surface area contributed by atoms with Crippen LogP contribution in [-0.4, -0.2) is 35.6 Å². The zero-order chi connectivity index (χ0) is 13.0. The maximum absolute atomic E-state index is 11.4. The fourth-order valence-corrected chi connectivity index (χ4v) is 2.79. The molecule has 3 heteroatoms. The fraction of sp³-hybridized carbons (Fsp3) is 0.533.